The second kappa shape index (κ2) is 8.73. The second-order valence-corrected chi connectivity index (χ2v) is 7.59. The summed E-state index contributed by atoms with van der Waals surface area (Å²) in [5, 5.41) is 4.60. The number of halogens is 1. The summed E-state index contributed by atoms with van der Waals surface area (Å²) in [7, 11) is 0. The van der Waals surface area contributed by atoms with Gasteiger partial charge >= 0.3 is 0 Å². The number of nitrogens with zero attached hydrogens (tertiary/aromatic N) is 3. The highest BCUT2D eigenvalue weighted by Gasteiger charge is 2.24. The van der Waals surface area contributed by atoms with E-state index in [1.165, 1.54) is 21.6 Å². The van der Waals surface area contributed by atoms with Crippen molar-refractivity contribution in [2.45, 2.75) is 19.5 Å². The summed E-state index contributed by atoms with van der Waals surface area (Å²) in [5.74, 6) is 0. The average Bonchev–Trinajstić information content (AvgIpc) is 3.12. The zero-order chi connectivity index (χ0) is 17.1. The molecular formula is C20H23ClN4S. The SMILES string of the molecule is Cc1ccc(-c2ncc(CN3CCNCC3c3cccnc3)s2)cc1.Cl. The number of aryl methyl sites for hydroxylation is 1. The Morgan fingerprint density at radius 1 is 1.19 bits per heavy atom. The first kappa shape index (κ1) is 19.0. The Bertz CT molecular complexity index is 819. The van der Waals surface area contributed by atoms with Gasteiger partial charge in [-0.2, -0.15) is 0 Å². The molecule has 1 saturated heterocycles. The van der Waals surface area contributed by atoms with E-state index in [1.807, 2.05) is 24.7 Å². The van der Waals surface area contributed by atoms with Gasteiger partial charge in [0.15, 0.2) is 0 Å². The van der Waals surface area contributed by atoms with Gasteiger partial charge in [-0.25, -0.2) is 4.98 Å². The van der Waals surface area contributed by atoms with Gasteiger partial charge in [0.05, 0.1) is 0 Å². The van der Waals surface area contributed by atoms with Gasteiger partial charge < -0.3 is 5.32 Å². The first-order chi connectivity index (χ1) is 12.3. The van der Waals surface area contributed by atoms with Gasteiger partial charge in [0.1, 0.15) is 5.01 Å². The lowest BCUT2D eigenvalue weighted by atomic mass is 10.1. The van der Waals surface area contributed by atoms with Crippen LogP contribution < -0.4 is 5.32 Å². The molecule has 26 heavy (non-hydrogen) atoms. The van der Waals surface area contributed by atoms with Crippen molar-refractivity contribution in [3.8, 4) is 10.6 Å². The molecule has 1 unspecified atom stereocenters. The smallest absolute Gasteiger partial charge is 0.123 e. The van der Waals surface area contributed by atoms with Crippen LogP contribution in [0.4, 0.5) is 0 Å². The monoisotopic (exact) mass is 386 g/mol. The van der Waals surface area contributed by atoms with Crippen LogP contribution in [-0.2, 0) is 6.54 Å². The number of aromatic nitrogens is 2. The van der Waals surface area contributed by atoms with Crippen LogP contribution in [0.25, 0.3) is 10.6 Å². The summed E-state index contributed by atoms with van der Waals surface area (Å²) in [6.45, 7) is 6.08. The summed E-state index contributed by atoms with van der Waals surface area (Å²) in [6, 6.07) is 13.2. The molecule has 0 spiro atoms. The van der Waals surface area contributed by atoms with Gasteiger partial charge in [-0.1, -0.05) is 35.9 Å². The van der Waals surface area contributed by atoms with E-state index in [2.05, 4.69) is 57.4 Å². The van der Waals surface area contributed by atoms with E-state index in [4.69, 9.17) is 0 Å². The molecule has 4 nitrogen and oxygen atoms in total. The number of piperazine rings is 1. The summed E-state index contributed by atoms with van der Waals surface area (Å²) < 4.78 is 0. The van der Waals surface area contributed by atoms with E-state index in [1.54, 1.807) is 11.3 Å². The Morgan fingerprint density at radius 3 is 2.81 bits per heavy atom. The van der Waals surface area contributed by atoms with Crippen LogP contribution in [0.1, 0.15) is 22.0 Å². The van der Waals surface area contributed by atoms with Crippen LogP contribution in [0, 0.1) is 6.92 Å². The molecule has 1 aliphatic heterocycles. The number of benzene rings is 1. The lowest BCUT2D eigenvalue weighted by Gasteiger charge is -2.35. The number of hydrogen-bond acceptors (Lipinski definition) is 5. The number of pyridine rings is 1. The number of nitrogens with one attached hydrogen (secondary N) is 1. The zero-order valence-electron chi connectivity index (χ0n) is 14.8. The molecule has 1 atom stereocenters. The van der Waals surface area contributed by atoms with Crippen LogP contribution >= 0.6 is 23.7 Å². The normalized spacial score (nSPS) is 17.7. The summed E-state index contributed by atoms with van der Waals surface area (Å²) in [5.41, 5.74) is 3.75. The summed E-state index contributed by atoms with van der Waals surface area (Å²) in [6.07, 6.45) is 5.85. The predicted molar refractivity (Wildman–Crippen MR) is 110 cm³/mol. The Labute approximate surface area is 164 Å². The van der Waals surface area contributed by atoms with E-state index in [0.29, 0.717) is 6.04 Å². The lowest BCUT2D eigenvalue weighted by molar-refractivity contribution is 0.155. The van der Waals surface area contributed by atoms with Gasteiger partial charge in [-0.05, 0) is 18.6 Å². The molecule has 1 aromatic carbocycles. The molecule has 0 amide bonds. The third kappa shape index (κ3) is 4.30. The van der Waals surface area contributed by atoms with Crippen molar-refractivity contribution in [3.63, 3.8) is 0 Å². The average molecular weight is 387 g/mol. The highest BCUT2D eigenvalue weighted by Crippen LogP contribution is 2.29. The molecule has 4 rings (SSSR count). The fourth-order valence-electron chi connectivity index (χ4n) is 3.25. The largest absolute Gasteiger partial charge is 0.314 e. The van der Waals surface area contributed by atoms with Crippen LogP contribution in [0.5, 0.6) is 0 Å². The minimum atomic E-state index is 0. The molecule has 136 valence electrons. The number of hydrogen-bond donors (Lipinski definition) is 1. The van der Waals surface area contributed by atoms with E-state index in [-0.39, 0.29) is 12.4 Å². The first-order valence-electron chi connectivity index (χ1n) is 8.66. The molecule has 2 aromatic heterocycles. The minimum absolute atomic E-state index is 0. The van der Waals surface area contributed by atoms with Crippen LogP contribution in [-0.4, -0.2) is 34.5 Å². The van der Waals surface area contributed by atoms with Crippen molar-refractivity contribution in [2.24, 2.45) is 0 Å². The minimum Gasteiger partial charge on any atom is -0.314 e. The van der Waals surface area contributed by atoms with Crippen molar-refractivity contribution in [2.75, 3.05) is 19.6 Å². The Balaban J connectivity index is 0.00000196. The third-order valence-corrected chi connectivity index (χ3v) is 5.67. The third-order valence-electron chi connectivity index (χ3n) is 4.63. The molecule has 0 radical (unpaired) electrons. The van der Waals surface area contributed by atoms with Crippen molar-refractivity contribution in [3.05, 3.63) is 71.0 Å². The topological polar surface area (TPSA) is 41.1 Å². The van der Waals surface area contributed by atoms with Crippen molar-refractivity contribution in [1.29, 1.82) is 0 Å². The van der Waals surface area contributed by atoms with E-state index in [9.17, 15) is 0 Å². The predicted octanol–water partition coefficient (Wildman–Crippen LogP) is 4.08. The molecule has 0 saturated carbocycles. The number of thiazole rings is 1. The first-order valence-corrected chi connectivity index (χ1v) is 9.48. The fourth-order valence-corrected chi connectivity index (χ4v) is 4.19. The van der Waals surface area contributed by atoms with Crippen molar-refractivity contribution < 1.29 is 0 Å². The van der Waals surface area contributed by atoms with Gasteiger partial charge in [0.25, 0.3) is 0 Å². The van der Waals surface area contributed by atoms with Crippen LogP contribution in [0.2, 0.25) is 0 Å². The van der Waals surface area contributed by atoms with E-state index >= 15 is 0 Å². The maximum atomic E-state index is 4.64. The summed E-state index contributed by atoms with van der Waals surface area (Å²) in [4.78, 5) is 12.8. The maximum Gasteiger partial charge on any atom is 0.123 e. The Kier molecular flexibility index (Phi) is 6.38. The molecule has 3 heterocycles. The van der Waals surface area contributed by atoms with Crippen molar-refractivity contribution in [1.82, 2.24) is 20.2 Å². The van der Waals surface area contributed by atoms with Gasteiger partial charge in [-0.3, -0.25) is 9.88 Å². The van der Waals surface area contributed by atoms with Gasteiger partial charge in [0, 0.05) is 61.3 Å². The van der Waals surface area contributed by atoms with Crippen LogP contribution in [0.3, 0.4) is 0 Å². The highest BCUT2D eigenvalue weighted by atomic mass is 35.5. The number of rotatable bonds is 4. The second-order valence-electron chi connectivity index (χ2n) is 6.47. The van der Waals surface area contributed by atoms with E-state index < -0.39 is 0 Å². The standard InChI is InChI=1S/C20H22N4S.ClH/c1-15-4-6-16(7-5-15)20-23-12-18(25-20)14-24-10-9-22-13-19(24)17-3-2-8-21-11-17;/h2-8,11-12,19,22H,9-10,13-14H2,1H3;1H. The van der Waals surface area contributed by atoms with E-state index in [0.717, 1.165) is 31.2 Å². The molecule has 6 heteroatoms. The van der Waals surface area contributed by atoms with Crippen molar-refractivity contribution >= 4 is 23.7 Å². The Morgan fingerprint density at radius 2 is 2.04 bits per heavy atom. The molecule has 0 bridgehead atoms. The van der Waals surface area contributed by atoms with Gasteiger partial charge in [-0.15, -0.1) is 23.7 Å². The molecule has 0 aliphatic carbocycles. The van der Waals surface area contributed by atoms with Gasteiger partial charge in [0.2, 0.25) is 0 Å². The molecule has 1 aliphatic rings. The highest BCUT2D eigenvalue weighted by molar-refractivity contribution is 7.15. The molecular weight excluding hydrogens is 364 g/mol. The fraction of sp³-hybridized carbons (Fsp3) is 0.300. The molecule has 3 aromatic rings. The van der Waals surface area contributed by atoms with Crippen LogP contribution in [0.15, 0.2) is 55.0 Å². The molecule has 1 N–H and O–H groups in total. The Hall–Kier alpha value is -1.79. The quantitative estimate of drug-likeness (QED) is 0.733. The lowest BCUT2D eigenvalue weighted by Crippen LogP contribution is -2.45. The molecule has 1 fully saturated rings. The summed E-state index contributed by atoms with van der Waals surface area (Å²) >= 11 is 1.79. The zero-order valence-corrected chi connectivity index (χ0v) is 16.4. The maximum absolute atomic E-state index is 4.64.